The molecule has 1 aliphatic heterocycles. The second-order valence-electron chi connectivity index (χ2n) is 5.25. The number of thioether (sulfide) groups is 1. The summed E-state index contributed by atoms with van der Waals surface area (Å²) in [4.78, 5) is 10.5. The molecule has 0 atom stereocenters. The fourth-order valence-corrected chi connectivity index (χ4v) is 3.12. The minimum Gasteiger partial charge on any atom is -0.260 e. The van der Waals surface area contributed by atoms with Crippen LogP contribution in [-0.2, 0) is 0 Å². The lowest BCUT2D eigenvalue weighted by Crippen LogP contribution is -2.47. The average molecular weight is 292 g/mol. The number of nitro groups is 1. The van der Waals surface area contributed by atoms with E-state index in [1.807, 2.05) is 23.8 Å². The van der Waals surface area contributed by atoms with E-state index in [9.17, 15) is 10.1 Å². The third kappa shape index (κ3) is 2.85. The third-order valence-electron chi connectivity index (χ3n) is 3.05. The standard InChI is InChI=1S/C14H17N3O2S/c1-10-9-14(2,3)15-13(20-4)16(10)11-6-5-7-12(8-11)17(18)19/h5-9H,1-4H3/p+1. The van der Waals surface area contributed by atoms with Crippen LogP contribution < -0.4 is 5.32 Å². The predicted molar refractivity (Wildman–Crippen MR) is 82.5 cm³/mol. The van der Waals surface area contributed by atoms with Gasteiger partial charge in [0.05, 0.1) is 11.0 Å². The van der Waals surface area contributed by atoms with Crippen LogP contribution in [0.2, 0.25) is 0 Å². The van der Waals surface area contributed by atoms with E-state index in [0.29, 0.717) is 0 Å². The van der Waals surface area contributed by atoms with Crippen molar-refractivity contribution in [3.8, 4) is 0 Å². The van der Waals surface area contributed by atoms with Crippen LogP contribution >= 0.6 is 11.8 Å². The van der Waals surface area contributed by atoms with Crippen LogP contribution in [0.3, 0.4) is 0 Å². The predicted octanol–water partition coefficient (Wildman–Crippen LogP) is 3.24. The number of nitrogens with zero attached hydrogens (tertiary/aromatic N) is 2. The van der Waals surface area contributed by atoms with Gasteiger partial charge in [-0.1, -0.05) is 6.07 Å². The van der Waals surface area contributed by atoms with Gasteiger partial charge in [0.1, 0.15) is 16.9 Å². The Morgan fingerprint density at radius 2 is 2.10 bits per heavy atom. The first-order chi connectivity index (χ1) is 9.34. The Hall–Kier alpha value is -1.82. The van der Waals surface area contributed by atoms with E-state index in [-0.39, 0.29) is 16.1 Å². The summed E-state index contributed by atoms with van der Waals surface area (Å²) in [6.45, 7) is 6.20. The lowest BCUT2D eigenvalue weighted by molar-refractivity contribution is -0.394. The molecule has 0 spiro atoms. The van der Waals surface area contributed by atoms with Crippen molar-refractivity contribution in [1.82, 2.24) is 5.32 Å². The van der Waals surface area contributed by atoms with Crippen molar-refractivity contribution >= 4 is 28.3 Å². The first-order valence-corrected chi connectivity index (χ1v) is 7.50. The molecule has 1 N–H and O–H groups in total. The fourth-order valence-electron chi connectivity index (χ4n) is 2.32. The van der Waals surface area contributed by atoms with Crippen molar-refractivity contribution in [1.29, 1.82) is 0 Å². The summed E-state index contributed by atoms with van der Waals surface area (Å²) in [5.74, 6) is 0. The number of hydrogen-bond donors (Lipinski definition) is 1. The average Bonchev–Trinajstić information content (AvgIpc) is 2.36. The van der Waals surface area contributed by atoms with E-state index >= 15 is 0 Å². The minimum absolute atomic E-state index is 0.0978. The monoisotopic (exact) mass is 292 g/mol. The van der Waals surface area contributed by atoms with Gasteiger partial charge in [-0.25, -0.2) is 0 Å². The summed E-state index contributed by atoms with van der Waals surface area (Å²) in [6, 6.07) is 6.68. The number of non-ortho nitro benzene ring substituents is 1. The van der Waals surface area contributed by atoms with E-state index in [0.717, 1.165) is 16.6 Å². The molecule has 0 aromatic heterocycles. The Kier molecular flexibility index (Phi) is 3.85. The van der Waals surface area contributed by atoms with Crippen LogP contribution in [0.5, 0.6) is 0 Å². The lowest BCUT2D eigenvalue weighted by atomic mass is 10.0. The van der Waals surface area contributed by atoms with Gasteiger partial charge in [0.2, 0.25) is 0 Å². The smallest absolute Gasteiger partial charge is 0.260 e. The Morgan fingerprint density at radius 1 is 1.40 bits per heavy atom. The van der Waals surface area contributed by atoms with Crippen LogP contribution in [-0.4, -0.2) is 26.5 Å². The van der Waals surface area contributed by atoms with Gasteiger partial charge in [-0.3, -0.25) is 15.4 Å². The molecule has 20 heavy (non-hydrogen) atoms. The molecule has 1 heterocycles. The molecule has 1 aliphatic rings. The molecule has 0 unspecified atom stereocenters. The van der Waals surface area contributed by atoms with Crippen molar-refractivity contribution in [3.05, 3.63) is 46.2 Å². The second-order valence-corrected chi connectivity index (χ2v) is 6.05. The Labute approximate surface area is 122 Å². The molecule has 0 fully saturated rings. The molecule has 0 saturated carbocycles. The lowest BCUT2D eigenvalue weighted by Gasteiger charge is -2.26. The quantitative estimate of drug-likeness (QED) is 0.516. The number of hydrogen-bond acceptors (Lipinski definition) is 4. The molecular weight excluding hydrogens is 274 g/mol. The van der Waals surface area contributed by atoms with Gasteiger partial charge in [0.15, 0.2) is 0 Å². The summed E-state index contributed by atoms with van der Waals surface area (Å²) >= 11 is 1.59. The molecule has 6 heteroatoms. The highest BCUT2D eigenvalue weighted by Gasteiger charge is 2.32. The summed E-state index contributed by atoms with van der Waals surface area (Å²) in [6.07, 6.45) is 4.10. The van der Waals surface area contributed by atoms with Crippen molar-refractivity contribution < 1.29 is 9.50 Å². The van der Waals surface area contributed by atoms with Gasteiger partial charge in [-0.2, -0.15) is 4.58 Å². The Bertz CT molecular complexity index is 621. The molecular formula is C14H18N3O2S+. The Balaban J connectivity index is 2.55. The number of nitro benzene ring substituents is 1. The molecule has 0 bridgehead atoms. The maximum absolute atomic E-state index is 10.9. The van der Waals surface area contributed by atoms with Crippen LogP contribution in [0.25, 0.3) is 0 Å². The van der Waals surface area contributed by atoms with Crippen LogP contribution in [0.15, 0.2) is 36.0 Å². The van der Waals surface area contributed by atoms with E-state index < -0.39 is 0 Å². The molecule has 106 valence electrons. The number of benzene rings is 1. The van der Waals surface area contributed by atoms with Gasteiger partial charge in [0.25, 0.3) is 5.69 Å². The summed E-state index contributed by atoms with van der Waals surface area (Å²) in [5, 5.41) is 15.3. The van der Waals surface area contributed by atoms with Crippen molar-refractivity contribution in [3.63, 3.8) is 0 Å². The first-order valence-electron chi connectivity index (χ1n) is 6.27. The third-order valence-corrected chi connectivity index (χ3v) is 3.72. The van der Waals surface area contributed by atoms with Crippen LogP contribution in [0, 0.1) is 10.1 Å². The molecule has 2 rings (SSSR count). The highest BCUT2D eigenvalue weighted by atomic mass is 32.2. The van der Waals surface area contributed by atoms with Gasteiger partial charge in [0, 0.05) is 12.1 Å². The molecule has 0 radical (unpaired) electrons. The maximum atomic E-state index is 10.9. The maximum Gasteiger partial charge on any atom is 0.316 e. The molecule has 0 saturated heterocycles. The molecule has 0 amide bonds. The SMILES string of the molecule is CSC1=[N+](c2cccc([N+](=O)[O-])c2)C(C)=CC(C)(C)N1. The molecule has 1 aromatic rings. The zero-order chi connectivity index (χ0) is 14.9. The van der Waals surface area contributed by atoms with Crippen molar-refractivity contribution in [2.24, 2.45) is 0 Å². The zero-order valence-electron chi connectivity index (χ0n) is 12.0. The highest BCUT2D eigenvalue weighted by molar-refractivity contribution is 8.13. The number of rotatable bonds is 2. The first kappa shape index (κ1) is 14.6. The Morgan fingerprint density at radius 3 is 2.70 bits per heavy atom. The molecule has 5 nitrogen and oxygen atoms in total. The number of nitrogens with one attached hydrogen (secondary N) is 1. The largest absolute Gasteiger partial charge is 0.316 e. The van der Waals surface area contributed by atoms with E-state index in [1.165, 1.54) is 6.07 Å². The van der Waals surface area contributed by atoms with Gasteiger partial charge < -0.3 is 0 Å². The van der Waals surface area contributed by atoms with Gasteiger partial charge in [-0.15, -0.1) is 0 Å². The fraction of sp³-hybridized carbons (Fsp3) is 0.357. The van der Waals surface area contributed by atoms with Crippen molar-refractivity contribution in [2.45, 2.75) is 26.3 Å². The minimum atomic E-state index is -0.372. The topological polar surface area (TPSA) is 58.2 Å². The second kappa shape index (κ2) is 5.28. The van der Waals surface area contributed by atoms with Gasteiger partial charge >= 0.3 is 5.17 Å². The summed E-state index contributed by atoms with van der Waals surface area (Å²) in [7, 11) is 0. The summed E-state index contributed by atoms with van der Waals surface area (Å²) in [5.41, 5.74) is 1.82. The van der Waals surface area contributed by atoms with Crippen LogP contribution in [0.1, 0.15) is 20.8 Å². The number of allylic oxidation sites excluding steroid dienone is 1. The van der Waals surface area contributed by atoms with E-state index in [2.05, 4.69) is 25.2 Å². The van der Waals surface area contributed by atoms with E-state index in [4.69, 9.17) is 0 Å². The number of amidine groups is 1. The normalized spacial score (nSPS) is 17.5. The highest BCUT2D eigenvalue weighted by Crippen LogP contribution is 2.27. The molecule has 0 aliphatic carbocycles. The van der Waals surface area contributed by atoms with Gasteiger partial charge in [-0.05, 0) is 44.9 Å². The summed E-state index contributed by atoms with van der Waals surface area (Å²) < 4.78 is 2.00. The van der Waals surface area contributed by atoms with E-state index in [1.54, 1.807) is 23.9 Å². The van der Waals surface area contributed by atoms with Crippen molar-refractivity contribution in [2.75, 3.05) is 6.26 Å². The van der Waals surface area contributed by atoms with Crippen LogP contribution in [0.4, 0.5) is 11.4 Å². The zero-order valence-corrected chi connectivity index (χ0v) is 12.8. The molecule has 1 aromatic carbocycles.